The molecule has 2 aromatic rings. The first-order valence-corrected chi connectivity index (χ1v) is 10.0. The minimum Gasteiger partial charge on any atom is -0.486 e. The summed E-state index contributed by atoms with van der Waals surface area (Å²) < 4.78 is 5.82. The summed E-state index contributed by atoms with van der Waals surface area (Å²) in [5.41, 5.74) is 3.75. The first-order valence-electron chi connectivity index (χ1n) is 9.25. The molecule has 0 aromatic heterocycles. The number of benzene rings is 2. The third-order valence-corrected chi connectivity index (χ3v) is 5.18. The Hall–Kier alpha value is -1.19. The van der Waals surface area contributed by atoms with Crippen LogP contribution in [0.25, 0.3) is 0 Å². The van der Waals surface area contributed by atoms with Crippen LogP contribution in [0.2, 0.25) is 10.0 Å². The molecule has 0 amide bonds. The van der Waals surface area contributed by atoms with E-state index in [1.165, 1.54) is 25.7 Å². The van der Waals surface area contributed by atoms with Crippen LogP contribution in [0.1, 0.15) is 43.2 Å². The molecule has 0 aliphatic heterocycles. The smallest absolute Gasteiger partial charge is 0.156 e. The van der Waals surface area contributed by atoms with Crippen molar-refractivity contribution < 1.29 is 4.74 Å². The van der Waals surface area contributed by atoms with Crippen LogP contribution in [0.15, 0.2) is 54.1 Å². The summed E-state index contributed by atoms with van der Waals surface area (Å²) in [6.45, 7) is 2.19. The Balaban J connectivity index is 0.00000261. The summed E-state index contributed by atoms with van der Waals surface area (Å²) in [6, 6.07) is 13.8. The molecule has 1 aliphatic rings. The van der Waals surface area contributed by atoms with Crippen molar-refractivity contribution in [3.8, 4) is 5.75 Å². The molecule has 146 valence electrons. The van der Waals surface area contributed by atoms with Crippen LogP contribution in [0, 0.1) is 0 Å². The van der Waals surface area contributed by atoms with Crippen molar-refractivity contribution in [2.75, 3.05) is 6.54 Å². The average Bonchev–Trinajstić information content (AvgIpc) is 2.66. The lowest BCUT2D eigenvalue weighted by Crippen LogP contribution is -2.15. The fourth-order valence-electron chi connectivity index (χ4n) is 3.20. The van der Waals surface area contributed by atoms with Gasteiger partial charge in [0, 0.05) is 6.54 Å². The molecule has 1 N–H and O–H groups in total. The highest BCUT2D eigenvalue weighted by Gasteiger charge is 2.10. The van der Waals surface area contributed by atoms with E-state index in [0.29, 0.717) is 22.4 Å². The molecule has 27 heavy (non-hydrogen) atoms. The van der Waals surface area contributed by atoms with E-state index in [2.05, 4.69) is 11.4 Å². The number of allylic oxidation sites excluding steroid dienone is 1. The van der Waals surface area contributed by atoms with Gasteiger partial charge in [-0.05, 0) is 61.9 Å². The lowest BCUT2D eigenvalue weighted by Gasteiger charge is -2.14. The van der Waals surface area contributed by atoms with Gasteiger partial charge in [-0.1, -0.05) is 65.2 Å². The van der Waals surface area contributed by atoms with Gasteiger partial charge in [0.05, 0.1) is 10.0 Å². The Morgan fingerprint density at radius 1 is 0.963 bits per heavy atom. The Kier molecular flexibility index (Phi) is 9.50. The minimum atomic E-state index is 0. The van der Waals surface area contributed by atoms with Gasteiger partial charge in [0.2, 0.25) is 0 Å². The second kappa shape index (κ2) is 11.6. The molecule has 2 nitrogen and oxygen atoms in total. The van der Waals surface area contributed by atoms with E-state index in [1.54, 1.807) is 5.57 Å². The highest BCUT2D eigenvalue weighted by Crippen LogP contribution is 2.34. The van der Waals surface area contributed by atoms with Crippen molar-refractivity contribution in [1.82, 2.24) is 5.32 Å². The van der Waals surface area contributed by atoms with Crippen molar-refractivity contribution in [2.24, 2.45) is 0 Å². The van der Waals surface area contributed by atoms with Crippen LogP contribution < -0.4 is 10.1 Å². The zero-order chi connectivity index (χ0) is 18.2. The maximum absolute atomic E-state index is 6.39. The molecule has 0 bridgehead atoms. The Morgan fingerprint density at radius 3 is 2.37 bits per heavy atom. The van der Waals surface area contributed by atoms with Crippen LogP contribution >= 0.6 is 35.6 Å². The van der Waals surface area contributed by atoms with Gasteiger partial charge in [-0.25, -0.2) is 0 Å². The fraction of sp³-hybridized carbons (Fsp3) is 0.364. The molecular weight excluding hydrogens is 401 g/mol. The number of hydrogen-bond acceptors (Lipinski definition) is 2. The monoisotopic (exact) mass is 425 g/mol. The molecule has 0 radical (unpaired) electrons. The van der Waals surface area contributed by atoms with Crippen molar-refractivity contribution in [1.29, 1.82) is 0 Å². The topological polar surface area (TPSA) is 21.3 Å². The SMILES string of the molecule is Cl.Clc1cc(CNCCC2=CCCCC2)cc(Cl)c1OCc1ccccc1. The predicted octanol–water partition coefficient (Wildman–Crippen LogP) is 6.97. The second-order valence-electron chi connectivity index (χ2n) is 6.70. The van der Waals surface area contributed by atoms with Crippen LogP contribution in [-0.4, -0.2) is 6.54 Å². The predicted molar refractivity (Wildman–Crippen MR) is 117 cm³/mol. The van der Waals surface area contributed by atoms with E-state index < -0.39 is 0 Å². The first-order chi connectivity index (χ1) is 12.7. The summed E-state index contributed by atoms with van der Waals surface area (Å²) in [6.07, 6.45) is 8.70. The highest BCUT2D eigenvalue weighted by atomic mass is 35.5. The molecule has 0 heterocycles. The highest BCUT2D eigenvalue weighted by molar-refractivity contribution is 6.37. The van der Waals surface area contributed by atoms with Gasteiger partial charge in [0.25, 0.3) is 0 Å². The van der Waals surface area contributed by atoms with Crippen LogP contribution in [-0.2, 0) is 13.2 Å². The standard InChI is InChI=1S/C22H25Cl2NO.ClH/c23-20-13-19(15-25-12-11-17-7-3-1-4-8-17)14-21(24)22(20)26-16-18-9-5-2-6-10-18;/h2,5-7,9-10,13-14,25H,1,3-4,8,11-12,15-16H2;1H. The number of nitrogens with one attached hydrogen (secondary N) is 1. The summed E-state index contributed by atoms with van der Waals surface area (Å²) in [5.74, 6) is 0.549. The van der Waals surface area contributed by atoms with Crippen LogP contribution in [0.5, 0.6) is 5.75 Å². The lowest BCUT2D eigenvalue weighted by atomic mass is 9.97. The van der Waals surface area contributed by atoms with E-state index >= 15 is 0 Å². The average molecular weight is 427 g/mol. The van der Waals surface area contributed by atoms with Gasteiger partial charge in [0.15, 0.2) is 5.75 Å². The van der Waals surface area contributed by atoms with E-state index in [0.717, 1.165) is 30.6 Å². The quantitative estimate of drug-likeness (QED) is 0.363. The van der Waals surface area contributed by atoms with Gasteiger partial charge < -0.3 is 10.1 Å². The molecule has 0 saturated carbocycles. The van der Waals surface area contributed by atoms with Gasteiger partial charge in [-0.15, -0.1) is 12.4 Å². The van der Waals surface area contributed by atoms with Crippen molar-refractivity contribution in [3.05, 3.63) is 75.3 Å². The number of rotatable bonds is 8. The molecule has 0 spiro atoms. The van der Waals surface area contributed by atoms with E-state index in [-0.39, 0.29) is 12.4 Å². The molecule has 0 unspecified atom stereocenters. The lowest BCUT2D eigenvalue weighted by molar-refractivity contribution is 0.306. The maximum atomic E-state index is 6.39. The van der Waals surface area contributed by atoms with E-state index in [4.69, 9.17) is 27.9 Å². The first kappa shape index (κ1) is 22.1. The third kappa shape index (κ3) is 7.04. The van der Waals surface area contributed by atoms with Gasteiger partial charge in [-0.2, -0.15) is 0 Å². The van der Waals surface area contributed by atoms with Gasteiger partial charge in [-0.3, -0.25) is 0 Å². The molecule has 0 fully saturated rings. The molecular formula is C22H26Cl3NO. The number of halogens is 3. The molecule has 0 atom stereocenters. The van der Waals surface area contributed by atoms with Crippen molar-refractivity contribution in [2.45, 2.75) is 45.3 Å². The van der Waals surface area contributed by atoms with Gasteiger partial charge >= 0.3 is 0 Å². The Bertz CT molecular complexity index is 723. The summed E-state index contributed by atoms with van der Waals surface area (Å²) in [4.78, 5) is 0. The van der Waals surface area contributed by atoms with Crippen LogP contribution in [0.4, 0.5) is 0 Å². The summed E-state index contributed by atoms with van der Waals surface area (Å²) in [5, 5.41) is 4.59. The van der Waals surface area contributed by atoms with E-state index in [1.807, 2.05) is 42.5 Å². The largest absolute Gasteiger partial charge is 0.486 e. The van der Waals surface area contributed by atoms with Crippen LogP contribution in [0.3, 0.4) is 0 Å². The fourth-order valence-corrected chi connectivity index (χ4v) is 3.84. The Morgan fingerprint density at radius 2 is 1.70 bits per heavy atom. The summed E-state index contributed by atoms with van der Waals surface area (Å²) >= 11 is 12.8. The zero-order valence-electron chi connectivity index (χ0n) is 15.3. The van der Waals surface area contributed by atoms with Crippen molar-refractivity contribution >= 4 is 35.6 Å². The third-order valence-electron chi connectivity index (χ3n) is 4.62. The molecule has 2 aromatic carbocycles. The second-order valence-corrected chi connectivity index (χ2v) is 7.51. The molecule has 0 saturated heterocycles. The Labute approximate surface area is 178 Å². The molecule has 5 heteroatoms. The molecule has 3 rings (SSSR count). The zero-order valence-corrected chi connectivity index (χ0v) is 17.7. The normalized spacial score (nSPS) is 13.6. The summed E-state index contributed by atoms with van der Waals surface area (Å²) in [7, 11) is 0. The minimum absolute atomic E-state index is 0. The number of hydrogen-bond donors (Lipinski definition) is 1. The maximum Gasteiger partial charge on any atom is 0.156 e. The van der Waals surface area contributed by atoms with Crippen molar-refractivity contribution in [3.63, 3.8) is 0 Å². The molecule has 1 aliphatic carbocycles. The van der Waals surface area contributed by atoms with E-state index in [9.17, 15) is 0 Å². The number of ether oxygens (including phenoxy) is 1. The van der Waals surface area contributed by atoms with Gasteiger partial charge in [0.1, 0.15) is 6.61 Å².